The molecule has 1 N–H and O–H groups in total. The van der Waals surface area contributed by atoms with E-state index in [1.54, 1.807) is 24.3 Å². The molecule has 0 spiro atoms. The van der Waals surface area contributed by atoms with Gasteiger partial charge in [-0.1, -0.05) is 24.3 Å². The summed E-state index contributed by atoms with van der Waals surface area (Å²) in [6, 6.07) is 18.8. The summed E-state index contributed by atoms with van der Waals surface area (Å²) in [5.41, 5.74) is 3.35. The molecule has 3 rings (SSSR count). The highest BCUT2D eigenvalue weighted by molar-refractivity contribution is 6.01. The van der Waals surface area contributed by atoms with Crippen LogP contribution < -0.4 is 14.9 Å². The van der Waals surface area contributed by atoms with E-state index >= 15 is 0 Å². The van der Waals surface area contributed by atoms with Crippen molar-refractivity contribution in [2.45, 2.75) is 26.6 Å². The lowest BCUT2D eigenvalue weighted by Gasteiger charge is -2.09. The predicted molar refractivity (Wildman–Crippen MR) is 120 cm³/mol. The number of nitrogens with one attached hydrogen (secondary N) is 1. The number of nitrogens with zero attached hydrogens (tertiary/aromatic N) is 1. The van der Waals surface area contributed by atoms with Crippen LogP contribution in [0.25, 0.3) is 0 Å². The average molecular weight is 456 g/mol. The molecule has 0 aliphatic heterocycles. The lowest BCUT2D eigenvalue weighted by molar-refractivity contribution is -0.137. The van der Waals surface area contributed by atoms with E-state index in [0.29, 0.717) is 24.5 Å². The Morgan fingerprint density at radius 1 is 0.909 bits per heavy atom. The van der Waals surface area contributed by atoms with Crippen LogP contribution in [0.15, 0.2) is 77.9 Å². The van der Waals surface area contributed by atoms with E-state index in [1.807, 2.05) is 31.2 Å². The van der Waals surface area contributed by atoms with Gasteiger partial charge < -0.3 is 9.47 Å². The van der Waals surface area contributed by atoms with E-state index in [2.05, 4.69) is 10.5 Å². The number of ether oxygens (including phenoxy) is 2. The van der Waals surface area contributed by atoms with Crippen molar-refractivity contribution in [1.29, 1.82) is 0 Å². The van der Waals surface area contributed by atoms with Gasteiger partial charge in [-0.2, -0.15) is 18.3 Å². The third-order valence-corrected chi connectivity index (χ3v) is 4.69. The summed E-state index contributed by atoms with van der Waals surface area (Å²) in [6.07, 6.45) is -4.45. The second-order valence-corrected chi connectivity index (χ2v) is 7.11. The number of carbonyl (C=O) groups is 1. The fraction of sp³-hybridized carbons (Fsp3) is 0.200. The Kier molecular flexibility index (Phi) is 7.71. The molecular weight excluding hydrogens is 433 g/mol. The van der Waals surface area contributed by atoms with Crippen LogP contribution in [0.4, 0.5) is 13.2 Å². The van der Waals surface area contributed by atoms with Crippen LogP contribution in [0.2, 0.25) is 0 Å². The summed E-state index contributed by atoms with van der Waals surface area (Å²) in [5, 5.41) is 3.93. The van der Waals surface area contributed by atoms with Gasteiger partial charge in [0.1, 0.15) is 18.1 Å². The molecule has 3 aromatic carbocycles. The van der Waals surface area contributed by atoms with Crippen molar-refractivity contribution in [2.24, 2.45) is 5.10 Å². The molecule has 0 fully saturated rings. The number of rotatable bonds is 8. The zero-order chi connectivity index (χ0) is 23.8. The number of hydrogen-bond donors (Lipinski definition) is 1. The first kappa shape index (κ1) is 23.8. The normalized spacial score (nSPS) is 11.7. The van der Waals surface area contributed by atoms with Gasteiger partial charge in [0, 0.05) is 5.56 Å². The fourth-order valence-electron chi connectivity index (χ4n) is 2.90. The Morgan fingerprint density at radius 2 is 1.55 bits per heavy atom. The SMILES string of the molecule is CCOc1ccc(OCc2ccc(C(=O)N/N=C(\C)c3cccc(C(F)(F)F)c3)cc2)cc1. The van der Waals surface area contributed by atoms with Gasteiger partial charge in [0.15, 0.2) is 0 Å². The standard InChI is InChI=1S/C25H23F3N2O3/c1-3-32-22-11-13-23(14-12-22)33-16-18-7-9-19(10-8-18)24(31)30-29-17(2)20-5-4-6-21(15-20)25(26,27)28/h4-15H,3,16H2,1-2H3,(H,30,31)/b29-17+. The Bertz CT molecular complexity index is 1110. The number of halogens is 3. The van der Waals surface area contributed by atoms with Crippen molar-refractivity contribution < 1.29 is 27.4 Å². The van der Waals surface area contributed by atoms with E-state index in [-0.39, 0.29) is 11.3 Å². The Morgan fingerprint density at radius 3 is 2.15 bits per heavy atom. The largest absolute Gasteiger partial charge is 0.494 e. The van der Waals surface area contributed by atoms with Crippen molar-refractivity contribution in [2.75, 3.05) is 6.61 Å². The molecule has 3 aromatic rings. The van der Waals surface area contributed by atoms with Gasteiger partial charge in [-0.15, -0.1) is 0 Å². The number of hydrogen-bond acceptors (Lipinski definition) is 4. The van der Waals surface area contributed by atoms with Gasteiger partial charge in [0.05, 0.1) is 17.9 Å². The molecule has 0 unspecified atom stereocenters. The number of hydrazone groups is 1. The van der Waals surface area contributed by atoms with Gasteiger partial charge in [0.2, 0.25) is 0 Å². The van der Waals surface area contributed by atoms with Crippen LogP contribution in [-0.4, -0.2) is 18.2 Å². The lowest BCUT2D eigenvalue weighted by Crippen LogP contribution is -2.19. The van der Waals surface area contributed by atoms with E-state index in [1.165, 1.54) is 19.1 Å². The highest BCUT2D eigenvalue weighted by Gasteiger charge is 2.30. The minimum atomic E-state index is -4.45. The smallest absolute Gasteiger partial charge is 0.416 e. The summed E-state index contributed by atoms with van der Waals surface area (Å²) in [6.45, 7) is 4.36. The van der Waals surface area contributed by atoms with Crippen molar-refractivity contribution in [3.8, 4) is 11.5 Å². The van der Waals surface area contributed by atoms with Crippen LogP contribution in [0.1, 0.15) is 40.9 Å². The molecular formula is C25H23F3N2O3. The topological polar surface area (TPSA) is 59.9 Å². The minimum Gasteiger partial charge on any atom is -0.494 e. The lowest BCUT2D eigenvalue weighted by atomic mass is 10.1. The number of amides is 1. The molecule has 172 valence electrons. The highest BCUT2D eigenvalue weighted by atomic mass is 19.4. The summed E-state index contributed by atoms with van der Waals surface area (Å²) < 4.78 is 49.7. The summed E-state index contributed by atoms with van der Waals surface area (Å²) in [7, 11) is 0. The summed E-state index contributed by atoms with van der Waals surface area (Å²) >= 11 is 0. The molecule has 1 amide bonds. The van der Waals surface area contributed by atoms with Gasteiger partial charge in [-0.25, -0.2) is 5.43 Å². The molecule has 0 bridgehead atoms. The molecule has 0 aliphatic carbocycles. The van der Waals surface area contributed by atoms with Crippen LogP contribution in [0, 0.1) is 0 Å². The first-order valence-corrected chi connectivity index (χ1v) is 10.2. The summed E-state index contributed by atoms with van der Waals surface area (Å²) in [4.78, 5) is 12.3. The van der Waals surface area contributed by atoms with Crippen molar-refractivity contribution in [3.63, 3.8) is 0 Å². The zero-order valence-corrected chi connectivity index (χ0v) is 18.1. The van der Waals surface area contributed by atoms with Crippen LogP contribution in [0.3, 0.4) is 0 Å². The maximum absolute atomic E-state index is 12.9. The molecule has 0 heterocycles. The molecule has 0 radical (unpaired) electrons. The molecule has 5 nitrogen and oxygen atoms in total. The third-order valence-electron chi connectivity index (χ3n) is 4.69. The van der Waals surface area contributed by atoms with E-state index < -0.39 is 17.6 Å². The van der Waals surface area contributed by atoms with E-state index in [0.717, 1.165) is 23.4 Å². The zero-order valence-electron chi connectivity index (χ0n) is 18.1. The molecule has 0 atom stereocenters. The number of benzene rings is 3. The first-order valence-electron chi connectivity index (χ1n) is 10.2. The van der Waals surface area contributed by atoms with Crippen LogP contribution in [-0.2, 0) is 12.8 Å². The quantitative estimate of drug-likeness (QED) is 0.342. The second-order valence-electron chi connectivity index (χ2n) is 7.11. The average Bonchev–Trinajstić information content (AvgIpc) is 2.82. The number of carbonyl (C=O) groups excluding carboxylic acids is 1. The van der Waals surface area contributed by atoms with Gasteiger partial charge >= 0.3 is 6.18 Å². The Labute approximate surface area is 189 Å². The minimum absolute atomic E-state index is 0.259. The molecule has 8 heteroatoms. The molecule has 0 saturated carbocycles. The van der Waals surface area contributed by atoms with Crippen LogP contribution in [0.5, 0.6) is 11.5 Å². The molecule has 0 aromatic heterocycles. The Hall–Kier alpha value is -3.81. The van der Waals surface area contributed by atoms with Crippen LogP contribution >= 0.6 is 0 Å². The number of alkyl halides is 3. The maximum Gasteiger partial charge on any atom is 0.416 e. The van der Waals surface area contributed by atoms with E-state index in [4.69, 9.17) is 9.47 Å². The van der Waals surface area contributed by atoms with Gasteiger partial charge in [-0.05, 0) is 73.5 Å². The first-order chi connectivity index (χ1) is 15.8. The molecule has 33 heavy (non-hydrogen) atoms. The van der Waals surface area contributed by atoms with Crippen molar-refractivity contribution in [1.82, 2.24) is 5.43 Å². The van der Waals surface area contributed by atoms with Gasteiger partial charge in [-0.3, -0.25) is 4.79 Å². The van der Waals surface area contributed by atoms with Crippen molar-refractivity contribution >= 4 is 11.6 Å². The molecule has 0 saturated heterocycles. The fourth-order valence-corrected chi connectivity index (χ4v) is 2.90. The third kappa shape index (κ3) is 6.83. The second kappa shape index (κ2) is 10.7. The van der Waals surface area contributed by atoms with Gasteiger partial charge in [0.25, 0.3) is 5.91 Å². The maximum atomic E-state index is 12.9. The molecule has 0 aliphatic rings. The highest BCUT2D eigenvalue weighted by Crippen LogP contribution is 2.29. The predicted octanol–water partition coefficient (Wildman–Crippen LogP) is 5.84. The van der Waals surface area contributed by atoms with E-state index in [9.17, 15) is 18.0 Å². The monoisotopic (exact) mass is 456 g/mol. The summed E-state index contributed by atoms with van der Waals surface area (Å²) in [5.74, 6) is 0.992. The van der Waals surface area contributed by atoms with Crippen molar-refractivity contribution in [3.05, 3.63) is 95.1 Å². The Balaban J connectivity index is 1.56.